The number of amides is 2. The fourth-order valence-electron chi connectivity index (χ4n) is 2.07. The standard InChI is InChI=1S/C18H16F3N3O3/c1-2-27-14-9-7-13(8-10-14)23-16(25)17(26)24-22-11-12-5-3-4-6-15(12)18(19,20)21/h3-11H,2H2,1H3,(H,23,25)(H,24,26)/b22-11-. The van der Waals surface area contributed by atoms with Crippen LogP contribution in [0.4, 0.5) is 18.9 Å². The number of anilines is 1. The molecule has 0 aromatic heterocycles. The topological polar surface area (TPSA) is 79.8 Å². The summed E-state index contributed by atoms with van der Waals surface area (Å²) >= 11 is 0. The number of nitrogens with one attached hydrogen (secondary N) is 2. The largest absolute Gasteiger partial charge is 0.494 e. The van der Waals surface area contributed by atoms with Crippen molar-refractivity contribution >= 4 is 23.7 Å². The summed E-state index contributed by atoms with van der Waals surface area (Å²) in [4.78, 5) is 23.5. The van der Waals surface area contributed by atoms with Gasteiger partial charge >= 0.3 is 18.0 Å². The van der Waals surface area contributed by atoms with Crippen molar-refractivity contribution in [2.75, 3.05) is 11.9 Å². The van der Waals surface area contributed by atoms with Crippen LogP contribution in [0.5, 0.6) is 5.75 Å². The summed E-state index contributed by atoms with van der Waals surface area (Å²) in [6.45, 7) is 2.32. The monoisotopic (exact) mass is 379 g/mol. The lowest BCUT2D eigenvalue weighted by Crippen LogP contribution is -2.32. The van der Waals surface area contributed by atoms with Crippen molar-refractivity contribution in [1.29, 1.82) is 0 Å². The molecule has 0 saturated heterocycles. The van der Waals surface area contributed by atoms with Gasteiger partial charge in [0.2, 0.25) is 0 Å². The maximum atomic E-state index is 12.9. The van der Waals surface area contributed by atoms with Crippen LogP contribution in [0.2, 0.25) is 0 Å². The Bertz CT molecular complexity index is 834. The number of halogens is 3. The Morgan fingerprint density at radius 3 is 2.37 bits per heavy atom. The molecule has 0 heterocycles. The second kappa shape index (κ2) is 8.84. The Hall–Kier alpha value is -3.36. The summed E-state index contributed by atoms with van der Waals surface area (Å²) in [5, 5.41) is 5.75. The van der Waals surface area contributed by atoms with Crippen LogP contribution >= 0.6 is 0 Å². The molecule has 2 aromatic rings. The minimum absolute atomic E-state index is 0.239. The first kappa shape index (κ1) is 20.0. The smallest absolute Gasteiger partial charge is 0.417 e. The van der Waals surface area contributed by atoms with Crippen LogP contribution in [0, 0.1) is 0 Å². The molecule has 0 atom stereocenters. The van der Waals surface area contributed by atoms with Crippen LogP contribution in [-0.4, -0.2) is 24.6 Å². The van der Waals surface area contributed by atoms with E-state index < -0.39 is 23.6 Å². The van der Waals surface area contributed by atoms with Crippen LogP contribution in [0.25, 0.3) is 0 Å². The van der Waals surface area contributed by atoms with Gasteiger partial charge in [-0.15, -0.1) is 0 Å². The van der Waals surface area contributed by atoms with Crippen molar-refractivity contribution < 1.29 is 27.5 Å². The number of nitrogens with zero attached hydrogens (tertiary/aromatic N) is 1. The van der Waals surface area contributed by atoms with Gasteiger partial charge in [0.05, 0.1) is 18.4 Å². The molecule has 2 amide bonds. The van der Waals surface area contributed by atoms with Gasteiger partial charge in [-0.2, -0.15) is 18.3 Å². The number of ether oxygens (including phenoxy) is 1. The molecule has 27 heavy (non-hydrogen) atoms. The predicted octanol–water partition coefficient (Wildman–Crippen LogP) is 3.19. The van der Waals surface area contributed by atoms with E-state index in [9.17, 15) is 22.8 Å². The van der Waals surface area contributed by atoms with Gasteiger partial charge in [-0.05, 0) is 37.3 Å². The van der Waals surface area contributed by atoms with Gasteiger partial charge in [0, 0.05) is 11.3 Å². The predicted molar refractivity (Wildman–Crippen MR) is 93.4 cm³/mol. The van der Waals surface area contributed by atoms with Crippen LogP contribution in [0.3, 0.4) is 0 Å². The van der Waals surface area contributed by atoms with Crippen LogP contribution < -0.4 is 15.5 Å². The Kier molecular flexibility index (Phi) is 6.53. The van der Waals surface area contributed by atoms with Gasteiger partial charge in [0.15, 0.2) is 0 Å². The van der Waals surface area contributed by atoms with Crippen molar-refractivity contribution in [3.05, 3.63) is 59.7 Å². The highest BCUT2D eigenvalue weighted by Gasteiger charge is 2.32. The number of carbonyl (C=O) groups excluding carboxylic acids is 2. The summed E-state index contributed by atoms with van der Waals surface area (Å²) in [6, 6.07) is 11.0. The van der Waals surface area contributed by atoms with Gasteiger partial charge in [0.25, 0.3) is 0 Å². The third-order valence-electron chi connectivity index (χ3n) is 3.27. The van der Waals surface area contributed by atoms with E-state index in [1.807, 2.05) is 12.3 Å². The van der Waals surface area contributed by atoms with Crippen LogP contribution in [0.1, 0.15) is 18.1 Å². The van der Waals surface area contributed by atoms with Crippen molar-refractivity contribution in [2.24, 2.45) is 5.10 Å². The zero-order valence-electron chi connectivity index (χ0n) is 14.2. The molecule has 142 valence electrons. The van der Waals surface area contributed by atoms with E-state index in [0.717, 1.165) is 12.3 Å². The molecule has 0 bridgehead atoms. The minimum atomic E-state index is -4.56. The third-order valence-corrected chi connectivity index (χ3v) is 3.27. The molecular formula is C18H16F3N3O3. The quantitative estimate of drug-likeness (QED) is 0.476. The molecule has 0 aliphatic heterocycles. The normalized spacial score (nSPS) is 11.3. The van der Waals surface area contributed by atoms with Crippen molar-refractivity contribution in [2.45, 2.75) is 13.1 Å². The molecule has 0 spiro atoms. The molecule has 6 nitrogen and oxygen atoms in total. The Balaban J connectivity index is 1.95. The van der Waals surface area contributed by atoms with Gasteiger partial charge in [0.1, 0.15) is 5.75 Å². The van der Waals surface area contributed by atoms with Crippen molar-refractivity contribution in [3.8, 4) is 5.75 Å². The van der Waals surface area contributed by atoms with Crippen LogP contribution in [0.15, 0.2) is 53.6 Å². The molecule has 2 rings (SSSR count). The molecular weight excluding hydrogens is 363 g/mol. The van der Waals surface area contributed by atoms with Gasteiger partial charge < -0.3 is 10.1 Å². The van der Waals surface area contributed by atoms with Gasteiger partial charge in [-0.3, -0.25) is 9.59 Å². The van der Waals surface area contributed by atoms with Gasteiger partial charge in [-0.1, -0.05) is 18.2 Å². The fourth-order valence-corrected chi connectivity index (χ4v) is 2.07. The maximum absolute atomic E-state index is 12.9. The van der Waals surface area contributed by atoms with Crippen molar-refractivity contribution in [1.82, 2.24) is 5.43 Å². The summed E-state index contributed by atoms with van der Waals surface area (Å²) in [7, 11) is 0. The van der Waals surface area contributed by atoms with E-state index in [1.54, 1.807) is 24.3 Å². The lowest BCUT2D eigenvalue weighted by atomic mass is 10.1. The average molecular weight is 379 g/mol. The Labute approximate surface area is 153 Å². The SMILES string of the molecule is CCOc1ccc(NC(=O)C(=O)N/N=C\c2ccccc2C(F)(F)F)cc1. The number of hydrogen-bond acceptors (Lipinski definition) is 4. The maximum Gasteiger partial charge on any atom is 0.417 e. The average Bonchev–Trinajstić information content (AvgIpc) is 2.63. The second-order valence-electron chi connectivity index (χ2n) is 5.20. The first-order valence-electron chi connectivity index (χ1n) is 7.84. The number of hydrazone groups is 1. The minimum Gasteiger partial charge on any atom is -0.494 e. The summed E-state index contributed by atoms with van der Waals surface area (Å²) in [5.74, 6) is -1.53. The Morgan fingerprint density at radius 1 is 1.07 bits per heavy atom. The fraction of sp³-hybridized carbons (Fsp3) is 0.167. The molecule has 2 aromatic carbocycles. The van der Waals surface area contributed by atoms with E-state index >= 15 is 0 Å². The summed E-state index contributed by atoms with van der Waals surface area (Å²) in [6.07, 6.45) is -3.73. The second-order valence-corrected chi connectivity index (χ2v) is 5.20. The Morgan fingerprint density at radius 2 is 1.74 bits per heavy atom. The van der Waals surface area contributed by atoms with Crippen LogP contribution in [-0.2, 0) is 15.8 Å². The van der Waals surface area contributed by atoms with Gasteiger partial charge in [-0.25, -0.2) is 5.43 Å². The molecule has 0 fully saturated rings. The van der Waals surface area contributed by atoms with E-state index in [2.05, 4.69) is 10.4 Å². The molecule has 0 saturated carbocycles. The van der Waals surface area contributed by atoms with Crippen molar-refractivity contribution in [3.63, 3.8) is 0 Å². The lowest BCUT2D eigenvalue weighted by Gasteiger charge is -2.09. The highest BCUT2D eigenvalue weighted by atomic mass is 19.4. The molecule has 0 aliphatic carbocycles. The summed E-state index contributed by atoms with van der Waals surface area (Å²) < 4.78 is 43.8. The van der Waals surface area contributed by atoms with E-state index in [1.165, 1.54) is 18.2 Å². The number of benzene rings is 2. The zero-order chi connectivity index (χ0) is 19.9. The van der Waals surface area contributed by atoms with E-state index in [-0.39, 0.29) is 5.56 Å². The summed E-state index contributed by atoms with van der Waals surface area (Å²) in [5.41, 5.74) is 1.10. The zero-order valence-corrected chi connectivity index (χ0v) is 14.2. The number of rotatable bonds is 5. The number of alkyl halides is 3. The first-order valence-corrected chi connectivity index (χ1v) is 7.84. The molecule has 9 heteroatoms. The highest BCUT2D eigenvalue weighted by molar-refractivity contribution is 6.39. The molecule has 0 radical (unpaired) electrons. The molecule has 0 unspecified atom stereocenters. The first-order chi connectivity index (χ1) is 12.8. The highest BCUT2D eigenvalue weighted by Crippen LogP contribution is 2.31. The van der Waals surface area contributed by atoms with E-state index in [0.29, 0.717) is 18.0 Å². The number of hydrogen-bond donors (Lipinski definition) is 2. The lowest BCUT2D eigenvalue weighted by molar-refractivity contribution is -0.137. The molecule has 0 aliphatic rings. The molecule has 2 N–H and O–H groups in total. The third kappa shape index (κ3) is 5.84. The number of carbonyl (C=O) groups is 2. The van der Waals surface area contributed by atoms with E-state index in [4.69, 9.17) is 4.74 Å².